The lowest BCUT2D eigenvalue weighted by Gasteiger charge is -1.98. The van der Waals surface area contributed by atoms with E-state index in [0.717, 1.165) is 21.9 Å². The van der Waals surface area contributed by atoms with Crippen LogP contribution in [-0.2, 0) is 0 Å². The minimum Gasteiger partial charge on any atom is -0.204 e. The molecule has 0 aliphatic carbocycles. The van der Waals surface area contributed by atoms with Crippen molar-refractivity contribution in [2.45, 2.75) is 0 Å². The molecule has 3 aromatic rings. The van der Waals surface area contributed by atoms with Crippen LogP contribution < -0.4 is 0 Å². The number of hydrogen-bond acceptors (Lipinski definition) is 4. The van der Waals surface area contributed by atoms with Gasteiger partial charge in [-0.05, 0) is 29.8 Å². The third-order valence-corrected chi connectivity index (χ3v) is 3.84. The molecule has 0 fully saturated rings. The van der Waals surface area contributed by atoms with Gasteiger partial charge in [0.15, 0.2) is 17.3 Å². The topological polar surface area (TPSA) is 65.4 Å². The van der Waals surface area contributed by atoms with Gasteiger partial charge in [-0.1, -0.05) is 6.07 Å². The number of halogens is 2. The number of aromatic nitrogens is 3. The first-order valence-corrected chi connectivity index (χ1v) is 6.37. The maximum Gasteiger partial charge on any atom is 0.191 e. The van der Waals surface area contributed by atoms with Crippen LogP contribution in [-0.4, -0.2) is 15.4 Å². The second-order valence-electron chi connectivity index (χ2n) is 3.93. The highest BCUT2D eigenvalue weighted by Gasteiger charge is 2.13. The fourth-order valence-corrected chi connectivity index (χ4v) is 2.74. The van der Waals surface area contributed by atoms with Crippen LogP contribution in [0.1, 0.15) is 5.69 Å². The zero-order valence-corrected chi connectivity index (χ0v) is 10.7. The predicted molar refractivity (Wildman–Crippen MR) is 69.8 cm³/mol. The number of nitrogens with one attached hydrogen (secondary N) is 1. The summed E-state index contributed by atoms with van der Waals surface area (Å²) in [5.74, 6) is -1.77. The Kier molecular flexibility index (Phi) is 3.00. The molecule has 0 spiro atoms. The van der Waals surface area contributed by atoms with Crippen molar-refractivity contribution in [1.29, 1.82) is 5.26 Å². The van der Waals surface area contributed by atoms with E-state index in [1.54, 1.807) is 12.1 Å². The van der Waals surface area contributed by atoms with Crippen LogP contribution in [0.25, 0.3) is 21.0 Å². The number of nitriles is 1. The number of rotatable bonds is 2. The molecule has 0 bridgehead atoms. The SMILES string of the molecule is N#Cc1n[nH]nc1-c1ccc(-c2ccc(F)c(F)c2)s1. The van der Waals surface area contributed by atoms with Crippen molar-refractivity contribution >= 4 is 11.3 Å². The fourth-order valence-electron chi connectivity index (χ4n) is 1.75. The van der Waals surface area contributed by atoms with Crippen molar-refractivity contribution in [3.63, 3.8) is 0 Å². The molecule has 1 N–H and O–H groups in total. The molecule has 98 valence electrons. The minimum atomic E-state index is -0.892. The smallest absolute Gasteiger partial charge is 0.191 e. The van der Waals surface area contributed by atoms with Gasteiger partial charge in [0.25, 0.3) is 0 Å². The van der Waals surface area contributed by atoms with Crippen LogP contribution in [0.2, 0.25) is 0 Å². The quantitative estimate of drug-likeness (QED) is 0.786. The average Bonchev–Trinajstić information content (AvgIpc) is 3.09. The molecule has 1 aromatic carbocycles. The first-order chi connectivity index (χ1) is 9.69. The van der Waals surface area contributed by atoms with E-state index in [2.05, 4.69) is 15.4 Å². The molecule has 0 atom stereocenters. The van der Waals surface area contributed by atoms with E-state index in [9.17, 15) is 8.78 Å². The molecule has 2 aromatic heterocycles. The van der Waals surface area contributed by atoms with E-state index in [1.165, 1.54) is 17.4 Å². The highest BCUT2D eigenvalue weighted by atomic mass is 32.1. The molecule has 20 heavy (non-hydrogen) atoms. The van der Waals surface area contributed by atoms with Gasteiger partial charge in [0, 0.05) is 4.88 Å². The Morgan fingerprint density at radius 2 is 1.85 bits per heavy atom. The Hall–Kier alpha value is -2.59. The second-order valence-corrected chi connectivity index (χ2v) is 5.01. The van der Waals surface area contributed by atoms with Gasteiger partial charge in [0.05, 0.1) is 4.88 Å². The van der Waals surface area contributed by atoms with Crippen LogP contribution in [0.4, 0.5) is 8.78 Å². The Morgan fingerprint density at radius 1 is 1.05 bits per heavy atom. The summed E-state index contributed by atoms with van der Waals surface area (Å²) in [6, 6.07) is 9.19. The average molecular weight is 288 g/mol. The minimum absolute atomic E-state index is 0.198. The zero-order valence-electron chi connectivity index (χ0n) is 9.89. The van der Waals surface area contributed by atoms with Crippen LogP contribution in [0.15, 0.2) is 30.3 Å². The number of nitrogens with zero attached hydrogens (tertiary/aromatic N) is 3. The predicted octanol–water partition coefficient (Wildman–Crippen LogP) is 3.35. The molecule has 0 aliphatic heterocycles. The summed E-state index contributed by atoms with van der Waals surface area (Å²) >= 11 is 1.33. The van der Waals surface area contributed by atoms with Crippen molar-refractivity contribution in [2.24, 2.45) is 0 Å². The molecule has 2 heterocycles. The van der Waals surface area contributed by atoms with Gasteiger partial charge in [0.2, 0.25) is 0 Å². The van der Waals surface area contributed by atoms with Crippen molar-refractivity contribution in [3.8, 4) is 27.1 Å². The second kappa shape index (κ2) is 4.83. The van der Waals surface area contributed by atoms with Crippen molar-refractivity contribution in [1.82, 2.24) is 15.4 Å². The number of hydrogen-bond donors (Lipinski definition) is 1. The molecule has 0 radical (unpaired) electrons. The van der Waals surface area contributed by atoms with Gasteiger partial charge >= 0.3 is 0 Å². The Morgan fingerprint density at radius 3 is 2.60 bits per heavy atom. The largest absolute Gasteiger partial charge is 0.204 e. The Labute approximate surface area is 116 Å². The first kappa shape index (κ1) is 12.4. The van der Waals surface area contributed by atoms with Gasteiger partial charge in [0.1, 0.15) is 11.8 Å². The lowest BCUT2D eigenvalue weighted by Crippen LogP contribution is -1.83. The molecule has 0 unspecified atom stereocenters. The monoisotopic (exact) mass is 288 g/mol. The Balaban J connectivity index is 2.02. The molecular weight excluding hydrogens is 282 g/mol. The van der Waals surface area contributed by atoms with E-state index in [4.69, 9.17) is 5.26 Å². The molecular formula is C13H6F2N4S. The first-order valence-electron chi connectivity index (χ1n) is 5.55. The summed E-state index contributed by atoms with van der Waals surface area (Å²) in [6.07, 6.45) is 0. The lowest BCUT2D eigenvalue weighted by molar-refractivity contribution is 0.509. The lowest BCUT2D eigenvalue weighted by atomic mass is 10.2. The maximum absolute atomic E-state index is 13.2. The standard InChI is InChI=1S/C13H6F2N4S/c14-8-2-1-7(5-9(8)15)11-3-4-12(20-11)13-10(6-16)17-19-18-13/h1-5H,(H,17,18,19). The van der Waals surface area contributed by atoms with E-state index in [-0.39, 0.29) is 5.69 Å². The van der Waals surface area contributed by atoms with Crippen molar-refractivity contribution in [2.75, 3.05) is 0 Å². The number of benzene rings is 1. The van der Waals surface area contributed by atoms with Crippen LogP contribution in [0.5, 0.6) is 0 Å². The molecule has 0 saturated carbocycles. The molecule has 7 heteroatoms. The highest BCUT2D eigenvalue weighted by molar-refractivity contribution is 7.18. The fraction of sp³-hybridized carbons (Fsp3) is 0. The number of thiophene rings is 1. The Bertz CT molecular complexity index is 816. The summed E-state index contributed by atoms with van der Waals surface area (Å²) in [5.41, 5.74) is 1.22. The van der Waals surface area contributed by atoms with Crippen LogP contribution in [0.3, 0.4) is 0 Å². The van der Waals surface area contributed by atoms with Gasteiger partial charge < -0.3 is 0 Å². The van der Waals surface area contributed by atoms with Gasteiger partial charge in [-0.2, -0.15) is 15.6 Å². The van der Waals surface area contributed by atoms with E-state index in [0.29, 0.717) is 11.3 Å². The number of H-pyrrole nitrogens is 1. The van der Waals surface area contributed by atoms with E-state index in [1.807, 2.05) is 6.07 Å². The normalized spacial score (nSPS) is 10.4. The molecule has 0 amide bonds. The summed E-state index contributed by atoms with van der Waals surface area (Å²) in [6.45, 7) is 0. The molecule has 0 saturated heterocycles. The zero-order chi connectivity index (χ0) is 14.1. The maximum atomic E-state index is 13.2. The van der Waals surface area contributed by atoms with Crippen molar-refractivity contribution < 1.29 is 8.78 Å². The van der Waals surface area contributed by atoms with Crippen LogP contribution in [0, 0.1) is 23.0 Å². The summed E-state index contributed by atoms with van der Waals surface area (Å²) in [5, 5.41) is 18.9. The molecule has 0 aliphatic rings. The molecule has 3 rings (SSSR count). The van der Waals surface area contributed by atoms with E-state index < -0.39 is 11.6 Å². The summed E-state index contributed by atoms with van der Waals surface area (Å²) in [7, 11) is 0. The van der Waals surface area contributed by atoms with E-state index >= 15 is 0 Å². The molecule has 4 nitrogen and oxygen atoms in total. The summed E-state index contributed by atoms with van der Waals surface area (Å²) < 4.78 is 26.1. The number of aromatic amines is 1. The van der Waals surface area contributed by atoms with Gasteiger partial charge in [-0.25, -0.2) is 8.78 Å². The summed E-state index contributed by atoms with van der Waals surface area (Å²) in [4.78, 5) is 1.49. The van der Waals surface area contributed by atoms with Crippen molar-refractivity contribution in [3.05, 3.63) is 47.7 Å². The highest BCUT2D eigenvalue weighted by Crippen LogP contribution is 2.34. The van der Waals surface area contributed by atoms with Gasteiger partial charge in [-0.15, -0.1) is 16.4 Å². The third kappa shape index (κ3) is 2.06. The van der Waals surface area contributed by atoms with Crippen LogP contribution >= 0.6 is 11.3 Å². The third-order valence-electron chi connectivity index (χ3n) is 2.70. The van der Waals surface area contributed by atoms with Gasteiger partial charge in [-0.3, -0.25) is 0 Å².